The number of thiazole rings is 1. The molecule has 0 atom stereocenters. The fraction of sp³-hybridized carbons (Fsp3) is 0.545. The van der Waals surface area contributed by atoms with Crippen molar-refractivity contribution in [2.45, 2.75) is 27.2 Å². The van der Waals surface area contributed by atoms with E-state index >= 15 is 0 Å². The second-order valence-corrected chi connectivity index (χ2v) is 5.48. The maximum absolute atomic E-state index is 12.2. The van der Waals surface area contributed by atoms with Crippen molar-refractivity contribution in [2.24, 2.45) is 5.73 Å². The van der Waals surface area contributed by atoms with Crippen LogP contribution < -0.4 is 5.73 Å². The number of hydrogen-bond acceptors (Lipinski definition) is 4. The lowest BCUT2D eigenvalue weighted by molar-refractivity contribution is 0.0773. The highest BCUT2D eigenvalue weighted by atomic mass is 32.1. The van der Waals surface area contributed by atoms with Crippen LogP contribution in [0.25, 0.3) is 0 Å². The number of carbonyl (C=O) groups excluding carboxylic acids is 1. The number of carbonyl (C=O) groups is 1. The van der Waals surface area contributed by atoms with Gasteiger partial charge in [-0.25, -0.2) is 4.98 Å². The molecule has 4 nitrogen and oxygen atoms in total. The highest BCUT2D eigenvalue weighted by Crippen LogP contribution is 2.19. The fourth-order valence-corrected chi connectivity index (χ4v) is 2.50. The summed E-state index contributed by atoms with van der Waals surface area (Å²) in [6.45, 7) is 6.93. The van der Waals surface area contributed by atoms with Crippen LogP contribution in [0.2, 0.25) is 0 Å². The Morgan fingerprint density at radius 1 is 1.53 bits per heavy atom. The number of thiocarbonyl (C=S) groups is 1. The Hall–Kier alpha value is -1.01. The minimum Gasteiger partial charge on any atom is -0.393 e. The molecule has 0 aliphatic heterocycles. The Morgan fingerprint density at radius 3 is 2.59 bits per heavy atom. The molecule has 2 N–H and O–H groups in total. The van der Waals surface area contributed by atoms with Crippen molar-refractivity contribution in [1.82, 2.24) is 9.88 Å². The summed E-state index contributed by atoms with van der Waals surface area (Å²) in [5, 5.41) is 0.913. The Kier molecular flexibility index (Phi) is 5.02. The van der Waals surface area contributed by atoms with Gasteiger partial charge >= 0.3 is 0 Å². The van der Waals surface area contributed by atoms with Crippen LogP contribution in [-0.4, -0.2) is 33.9 Å². The molecule has 1 rings (SSSR count). The average molecular weight is 271 g/mol. The van der Waals surface area contributed by atoms with E-state index in [1.54, 1.807) is 4.90 Å². The van der Waals surface area contributed by atoms with E-state index in [-0.39, 0.29) is 5.91 Å². The van der Waals surface area contributed by atoms with Crippen LogP contribution in [0.3, 0.4) is 0 Å². The fourth-order valence-electron chi connectivity index (χ4n) is 1.52. The molecule has 0 aliphatic carbocycles. The molecule has 0 spiro atoms. The normalized spacial score (nSPS) is 10.3. The van der Waals surface area contributed by atoms with Gasteiger partial charge in [0, 0.05) is 19.5 Å². The van der Waals surface area contributed by atoms with Crippen LogP contribution in [0.1, 0.15) is 33.7 Å². The van der Waals surface area contributed by atoms with Crippen molar-refractivity contribution in [2.75, 3.05) is 13.1 Å². The summed E-state index contributed by atoms with van der Waals surface area (Å²) >= 11 is 6.26. The first kappa shape index (κ1) is 14.1. The lowest BCUT2D eigenvalue weighted by Crippen LogP contribution is -2.33. The lowest BCUT2D eigenvalue weighted by Gasteiger charge is -2.19. The van der Waals surface area contributed by atoms with Gasteiger partial charge in [0.2, 0.25) is 0 Å². The summed E-state index contributed by atoms with van der Waals surface area (Å²) < 4.78 is 0. The molecule has 0 radical (unpaired) electrons. The summed E-state index contributed by atoms with van der Waals surface area (Å²) in [4.78, 5) is 19.4. The zero-order valence-corrected chi connectivity index (χ0v) is 12.0. The minimum absolute atomic E-state index is 0.0202. The molecule has 1 amide bonds. The van der Waals surface area contributed by atoms with Gasteiger partial charge in [0.1, 0.15) is 4.88 Å². The molecule has 1 aromatic heterocycles. The second kappa shape index (κ2) is 6.07. The van der Waals surface area contributed by atoms with Crippen LogP contribution in [0, 0.1) is 13.8 Å². The van der Waals surface area contributed by atoms with Gasteiger partial charge in [-0.05, 0) is 20.8 Å². The number of hydrogen-bond donors (Lipinski definition) is 1. The summed E-state index contributed by atoms with van der Waals surface area (Å²) in [5.41, 5.74) is 6.25. The number of aryl methyl sites for hydroxylation is 2. The van der Waals surface area contributed by atoms with Crippen LogP contribution in [-0.2, 0) is 0 Å². The predicted octanol–water partition coefficient (Wildman–Crippen LogP) is 1.90. The molecule has 17 heavy (non-hydrogen) atoms. The smallest absolute Gasteiger partial charge is 0.265 e. The molecule has 1 aromatic rings. The van der Waals surface area contributed by atoms with E-state index in [4.69, 9.17) is 18.0 Å². The number of rotatable bonds is 5. The van der Waals surface area contributed by atoms with E-state index < -0.39 is 0 Å². The van der Waals surface area contributed by atoms with Crippen LogP contribution in [0.5, 0.6) is 0 Å². The number of aromatic nitrogens is 1. The third-order valence-corrected chi connectivity index (χ3v) is 3.66. The molecule has 0 saturated heterocycles. The number of amides is 1. The third-order valence-electron chi connectivity index (χ3n) is 2.39. The summed E-state index contributed by atoms with van der Waals surface area (Å²) in [6.07, 6.45) is 0.561. The molecule has 0 unspecified atom stereocenters. The van der Waals surface area contributed by atoms with E-state index in [0.29, 0.717) is 29.4 Å². The molecule has 0 aliphatic rings. The summed E-state index contributed by atoms with van der Waals surface area (Å²) in [5.74, 6) is 0.0202. The first-order valence-corrected chi connectivity index (χ1v) is 6.69. The van der Waals surface area contributed by atoms with Crippen molar-refractivity contribution in [1.29, 1.82) is 0 Å². The van der Waals surface area contributed by atoms with Crippen molar-refractivity contribution in [3.8, 4) is 0 Å². The maximum Gasteiger partial charge on any atom is 0.265 e. The van der Waals surface area contributed by atoms with E-state index in [0.717, 1.165) is 10.7 Å². The minimum atomic E-state index is 0.0202. The highest BCUT2D eigenvalue weighted by Gasteiger charge is 2.19. The number of nitrogens with two attached hydrogens (primary N) is 1. The topological polar surface area (TPSA) is 59.2 Å². The van der Waals surface area contributed by atoms with E-state index in [1.807, 2.05) is 20.8 Å². The summed E-state index contributed by atoms with van der Waals surface area (Å²) in [7, 11) is 0. The van der Waals surface area contributed by atoms with E-state index in [1.165, 1.54) is 11.3 Å². The highest BCUT2D eigenvalue weighted by molar-refractivity contribution is 7.80. The van der Waals surface area contributed by atoms with Crippen LogP contribution in [0.15, 0.2) is 0 Å². The zero-order chi connectivity index (χ0) is 13.0. The van der Waals surface area contributed by atoms with Crippen LogP contribution in [0.4, 0.5) is 0 Å². The Morgan fingerprint density at radius 2 is 2.18 bits per heavy atom. The quantitative estimate of drug-likeness (QED) is 0.831. The van der Waals surface area contributed by atoms with Gasteiger partial charge in [0.25, 0.3) is 5.91 Å². The van der Waals surface area contributed by atoms with Crippen molar-refractivity contribution >= 4 is 34.5 Å². The van der Waals surface area contributed by atoms with Crippen LogP contribution >= 0.6 is 23.6 Å². The Labute approximate surface area is 111 Å². The van der Waals surface area contributed by atoms with Gasteiger partial charge in [-0.2, -0.15) is 0 Å². The summed E-state index contributed by atoms with van der Waals surface area (Å²) in [6, 6.07) is 0. The molecule has 0 fully saturated rings. The first-order valence-electron chi connectivity index (χ1n) is 5.47. The molecule has 1 heterocycles. The predicted molar refractivity (Wildman–Crippen MR) is 74.6 cm³/mol. The molecule has 6 heteroatoms. The third kappa shape index (κ3) is 3.74. The molecule has 0 saturated carbocycles. The maximum atomic E-state index is 12.2. The largest absolute Gasteiger partial charge is 0.393 e. The van der Waals surface area contributed by atoms with Crippen molar-refractivity contribution in [3.63, 3.8) is 0 Å². The van der Waals surface area contributed by atoms with E-state index in [2.05, 4.69) is 4.98 Å². The molecule has 94 valence electrons. The lowest BCUT2D eigenvalue weighted by atomic mass is 10.3. The Bertz CT molecular complexity index is 428. The van der Waals surface area contributed by atoms with E-state index in [9.17, 15) is 4.79 Å². The first-order chi connectivity index (χ1) is 7.95. The standard InChI is InChI=1S/C11H17N3OS2/c1-4-14(6-5-9(12)16)11(15)10-7(2)13-8(3)17-10/h4-6H2,1-3H3,(H2,12,16). The van der Waals surface area contributed by atoms with Crippen molar-refractivity contribution in [3.05, 3.63) is 15.6 Å². The molecule has 0 aromatic carbocycles. The second-order valence-electron chi connectivity index (χ2n) is 3.75. The number of nitrogens with zero attached hydrogens (tertiary/aromatic N) is 2. The van der Waals surface area contributed by atoms with Gasteiger partial charge < -0.3 is 10.6 Å². The molecule has 0 bridgehead atoms. The van der Waals surface area contributed by atoms with Gasteiger partial charge in [0.15, 0.2) is 0 Å². The SMILES string of the molecule is CCN(CCC(N)=S)C(=O)c1sc(C)nc1C. The zero-order valence-electron chi connectivity index (χ0n) is 10.3. The van der Waals surface area contributed by atoms with Gasteiger partial charge in [-0.1, -0.05) is 12.2 Å². The molecular formula is C11H17N3OS2. The van der Waals surface area contributed by atoms with Crippen molar-refractivity contribution < 1.29 is 4.79 Å². The Balaban J connectivity index is 2.79. The van der Waals surface area contributed by atoms with Gasteiger partial charge in [-0.15, -0.1) is 11.3 Å². The molecular weight excluding hydrogens is 254 g/mol. The average Bonchev–Trinajstić information content (AvgIpc) is 2.58. The monoisotopic (exact) mass is 271 g/mol. The van der Waals surface area contributed by atoms with Gasteiger partial charge in [-0.3, -0.25) is 4.79 Å². The van der Waals surface area contributed by atoms with Gasteiger partial charge in [0.05, 0.1) is 15.7 Å².